The fourth-order valence-corrected chi connectivity index (χ4v) is 4.00. The lowest BCUT2D eigenvalue weighted by Crippen LogP contribution is -2.48. The van der Waals surface area contributed by atoms with Crippen LogP contribution in [-0.4, -0.2) is 47.5 Å². The highest BCUT2D eigenvalue weighted by atomic mass is 16.2. The highest BCUT2D eigenvalue weighted by Crippen LogP contribution is 2.19. The minimum atomic E-state index is -0.297. The van der Waals surface area contributed by atoms with Crippen LogP contribution in [-0.2, 0) is 11.3 Å². The van der Waals surface area contributed by atoms with Gasteiger partial charge in [0.2, 0.25) is 5.91 Å². The summed E-state index contributed by atoms with van der Waals surface area (Å²) < 4.78 is 1.37. The van der Waals surface area contributed by atoms with Gasteiger partial charge >= 0.3 is 0 Å². The number of nitrogens with zero attached hydrogens (tertiary/aromatic N) is 3. The molecule has 3 aromatic rings. The van der Waals surface area contributed by atoms with Gasteiger partial charge in [0, 0.05) is 55.4 Å². The molecular weight excluding hydrogens is 416 g/mol. The van der Waals surface area contributed by atoms with E-state index in [1.54, 1.807) is 36.5 Å². The second kappa shape index (κ2) is 9.73. The van der Waals surface area contributed by atoms with Crippen molar-refractivity contribution in [1.82, 2.24) is 9.47 Å². The first-order valence-electron chi connectivity index (χ1n) is 11.1. The van der Waals surface area contributed by atoms with Gasteiger partial charge < -0.3 is 19.7 Å². The minimum Gasteiger partial charge on any atom is -0.368 e. The fourth-order valence-electron chi connectivity index (χ4n) is 4.00. The second-order valence-corrected chi connectivity index (χ2v) is 8.42. The summed E-state index contributed by atoms with van der Waals surface area (Å²) in [5.41, 5.74) is 4.27. The van der Waals surface area contributed by atoms with Crippen molar-refractivity contribution in [1.29, 1.82) is 0 Å². The molecule has 0 spiro atoms. The number of pyridine rings is 1. The molecule has 170 valence electrons. The van der Waals surface area contributed by atoms with Crippen LogP contribution in [0.1, 0.15) is 21.5 Å². The van der Waals surface area contributed by atoms with E-state index in [4.69, 9.17) is 0 Å². The lowest BCUT2D eigenvalue weighted by Gasteiger charge is -2.36. The number of rotatable bonds is 5. The van der Waals surface area contributed by atoms with Crippen LogP contribution in [0.5, 0.6) is 0 Å². The van der Waals surface area contributed by atoms with Crippen molar-refractivity contribution < 1.29 is 9.59 Å². The van der Waals surface area contributed by atoms with Crippen molar-refractivity contribution in [2.45, 2.75) is 20.4 Å². The average Bonchev–Trinajstić information content (AvgIpc) is 2.81. The first-order valence-corrected chi connectivity index (χ1v) is 11.1. The Bertz CT molecular complexity index is 1210. The molecule has 0 unspecified atom stereocenters. The Hall–Kier alpha value is -3.87. The van der Waals surface area contributed by atoms with E-state index >= 15 is 0 Å². The summed E-state index contributed by atoms with van der Waals surface area (Å²) in [5, 5.41) is 2.78. The molecule has 0 bridgehead atoms. The predicted octanol–water partition coefficient (Wildman–Crippen LogP) is 3.07. The first-order chi connectivity index (χ1) is 15.9. The van der Waals surface area contributed by atoms with Gasteiger partial charge in [-0.15, -0.1) is 0 Å². The monoisotopic (exact) mass is 444 g/mol. The minimum absolute atomic E-state index is 0.0110. The topological polar surface area (TPSA) is 74.7 Å². The van der Waals surface area contributed by atoms with E-state index in [1.165, 1.54) is 21.9 Å². The third-order valence-electron chi connectivity index (χ3n) is 5.79. The maximum atomic E-state index is 12.9. The molecule has 7 nitrogen and oxygen atoms in total. The standard InChI is InChI=1S/C26H28N4O3/c1-19-4-3-5-23(16-19)28-12-14-29(15-13-28)26(33)21-7-9-22(10-8-21)27-24(31)18-30-17-20(2)6-11-25(30)32/h3-11,16-17H,12-15,18H2,1-2H3,(H,27,31). The number of nitrogens with one attached hydrogen (secondary N) is 1. The van der Waals surface area contributed by atoms with Crippen LogP contribution in [0, 0.1) is 13.8 Å². The summed E-state index contributed by atoms with van der Waals surface area (Å²) in [5.74, 6) is -0.308. The molecule has 1 saturated heterocycles. The van der Waals surface area contributed by atoms with Crippen molar-refractivity contribution in [3.05, 3.63) is 93.9 Å². The lowest BCUT2D eigenvalue weighted by molar-refractivity contribution is -0.116. The normalized spacial score (nSPS) is 13.6. The summed E-state index contributed by atoms with van der Waals surface area (Å²) in [6.45, 7) is 6.80. The third-order valence-corrected chi connectivity index (χ3v) is 5.79. The summed E-state index contributed by atoms with van der Waals surface area (Å²) in [4.78, 5) is 41.3. The van der Waals surface area contributed by atoms with Crippen LogP contribution in [0.15, 0.2) is 71.7 Å². The Kier molecular flexibility index (Phi) is 6.58. The molecule has 0 saturated carbocycles. The van der Waals surface area contributed by atoms with Crippen LogP contribution in [0.3, 0.4) is 0 Å². The van der Waals surface area contributed by atoms with Crippen molar-refractivity contribution in [2.24, 2.45) is 0 Å². The van der Waals surface area contributed by atoms with Gasteiger partial charge in [-0.1, -0.05) is 18.2 Å². The van der Waals surface area contributed by atoms with Crippen molar-refractivity contribution in [2.75, 3.05) is 36.4 Å². The summed E-state index contributed by atoms with van der Waals surface area (Å²) >= 11 is 0. The van der Waals surface area contributed by atoms with Gasteiger partial charge in [0.05, 0.1) is 0 Å². The number of carbonyl (C=O) groups is 2. The van der Waals surface area contributed by atoms with E-state index in [0.29, 0.717) is 24.3 Å². The van der Waals surface area contributed by atoms with Crippen LogP contribution in [0.25, 0.3) is 0 Å². The molecule has 1 fully saturated rings. The largest absolute Gasteiger partial charge is 0.368 e. The third kappa shape index (κ3) is 5.49. The van der Waals surface area contributed by atoms with Gasteiger partial charge in [-0.3, -0.25) is 14.4 Å². The van der Waals surface area contributed by atoms with Crippen LogP contribution >= 0.6 is 0 Å². The van der Waals surface area contributed by atoms with Crippen LogP contribution < -0.4 is 15.8 Å². The second-order valence-electron chi connectivity index (χ2n) is 8.42. The Balaban J connectivity index is 1.32. The molecule has 2 heterocycles. The van der Waals surface area contributed by atoms with Gasteiger partial charge in [0.15, 0.2) is 0 Å². The Morgan fingerprint density at radius 2 is 1.61 bits per heavy atom. The number of piperazine rings is 1. The molecule has 1 N–H and O–H groups in total. The molecule has 1 aliphatic heterocycles. The van der Waals surface area contributed by atoms with Gasteiger partial charge in [-0.25, -0.2) is 0 Å². The Morgan fingerprint density at radius 3 is 2.30 bits per heavy atom. The zero-order valence-corrected chi connectivity index (χ0v) is 19.0. The molecular formula is C26H28N4O3. The van der Waals surface area contributed by atoms with Gasteiger partial charge in [0.25, 0.3) is 11.5 Å². The average molecular weight is 445 g/mol. The first kappa shape index (κ1) is 22.3. The van der Waals surface area contributed by atoms with E-state index in [2.05, 4.69) is 41.4 Å². The maximum Gasteiger partial charge on any atom is 0.253 e. The SMILES string of the molecule is Cc1cccc(N2CCN(C(=O)c3ccc(NC(=O)Cn4cc(C)ccc4=O)cc3)CC2)c1. The number of carbonyl (C=O) groups excluding carboxylic acids is 2. The van der Waals surface area contributed by atoms with E-state index < -0.39 is 0 Å². The lowest BCUT2D eigenvalue weighted by atomic mass is 10.1. The zero-order chi connectivity index (χ0) is 23.4. The summed E-state index contributed by atoms with van der Waals surface area (Å²) in [7, 11) is 0. The number of aromatic nitrogens is 1. The molecule has 2 amide bonds. The maximum absolute atomic E-state index is 12.9. The van der Waals surface area contributed by atoms with E-state index in [1.807, 2.05) is 11.8 Å². The van der Waals surface area contributed by atoms with Crippen molar-refractivity contribution >= 4 is 23.2 Å². The summed E-state index contributed by atoms with van der Waals surface area (Å²) in [6, 6.07) is 18.5. The zero-order valence-electron chi connectivity index (χ0n) is 19.0. The predicted molar refractivity (Wildman–Crippen MR) is 130 cm³/mol. The number of benzene rings is 2. The van der Waals surface area contributed by atoms with E-state index in [9.17, 15) is 14.4 Å². The Morgan fingerprint density at radius 1 is 0.879 bits per heavy atom. The number of anilines is 2. The molecule has 0 radical (unpaired) electrons. The molecule has 1 aromatic heterocycles. The fraction of sp³-hybridized carbons (Fsp3) is 0.269. The summed E-state index contributed by atoms with van der Waals surface area (Å²) in [6.07, 6.45) is 1.66. The Labute approximate surface area is 193 Å². The van der Waals surface area contributed by atoms with Gasteiger partial charge in [-0.2, -0.15) is 0 Å². The number of hydrogen-bond acceptors (Lipinski definition) is 4. The molecule has 4 rings (SSSR count). The molecule has 0 atom stereocenters. The molecule has 2 aromatic carbocycles. The molecule has 1 aliphatic rings. The molecule has 0 aliphatic carbocycles. The van der Waals surface area contributed by atoms with Crippen LogP contribution in [0.4, 0.5) is 11.4 Å². The van der Waals surface area contributed by atoms with Crippen LogP contribution in [0.2, 0.25) is 0 Å². The highest BCUT2D eigenvalue weighted by Gasteiger charge is 2.22. The van der Waals surface area contributed by atoms with Gasteiger partial charge in [-0.05, 0) is 61.4 Å². The molecule has 33 heavy (non-hydrogen) atoms. The highest BCUT2D eigenvalue weighted by molar-refractivity contribution is 5.96. The quantitative estimate of drug-likeness (QED) is 0.656. The molecule has 7 heteroatoms. The van der Waals surface area contributed by atoms with E-state index in [0.717, 1.165) is 18.7 Å². The number of amides is 2. The smallest absolute Gasteiger partial charge is 0.253 e. The van der Waals surface area contributed by atoms with Crippen molar-refractivity contribution in [3.8, 4) is 0 Å². The number of aryl methyl sites for hydroxylation is 2. The van der Waals surface area contributed by atoms with E-state index in [-0.39, 0.29) is 23.9 Å². The number of hydrogen-bond donors (Lipinski definition) is 1. The van der Waals surface area contributed by atoms with Crippen molar-refractivity contribution in [3.63, 3.8) is 0 Å². The van der Waals surface area contributed by atoms with Gasteiger partial charge in [0.1, 0.15) is 6.54 Å².